The number of aromatic carboxylic acids is 1. The van der Waals surface area contributed by atoms with E-state index < -0.39 is 30.6 Å². The summed E-state index contributed by atoms with van der Waals surface area (Å²) in [6, 6.07) is 0.908. The highest BCUT2D eigenvalue weighted by atomic mass is 35.5. The highest BCUT2D eigenvalue weighted by Crippen LogP contribution is 2.27. The van der Waals surface area contributed by atoms with Crippen molar-refractivity contribution in [3.05, 3.63) is 23.0 Å². The summed E-state index contributed by atoms with van der Waals surface area (Å²) < 4.78 is 49.6. The lowest BCUT2D eigenvalue weighted by atomic mass is 10.3. The molecule has 0 spiro atoms. The Kier molecular flexibility index (Phi) is 3.47. The summed E-state index contributed by atoms with van der Waals surface area (Å²) in [7, 11) is 0. The lowest BCUT2D eigenvalue weighted by Crippen LogP contribution is -2.32. The van der Waals surface area contributed by atoms with Crippen LogP contribution in [0.25, 0.3) is 0 Å². The SMILES string of the molecule is O=C(O)c1cc(Cl)cn1CC(F)(F)C(F)F. The third-order valence-electron chi connectivity index (χ3n) is 1.78. The minimum absolute atomic E-state index is 0.109. The smallest absolute Gasteiger partial charge is 0.352 e. The molecular formula is C8H6ClF4NO2. The van der Waals surface area contributed by atoms with E-state index in [4.69, 9.17) is 16.7 Å². The van der Waals surface area contributed by atoms with Crippen LogP contribution in [0.3, 0.4) is 0 Å². The van der Waals surface area contributed by atoms with Crippen molar-refractivity contribution in [2.75, 3.05) is 0 Å². The molecule has 1 aromatic rings. The maximum Gasteiger partial charge on any atom is 0.352 e. The van der Waals surface area contributed by atoms with E-state index in [1.807, 2.05) is 0 Å². The first-order valence-corrected chi connectivity index (χ1v) is 4.37. The van der Waals surface area contributed by atoms with Gasteiger partial charge in [-0.3, -0.25) is 0 Å². The average Bonchev–Trinajstić information content (AvgIpc) is 2.45. The molecule has 8 heteroatoms. The third kappa shape index (κ3) is 2.66. The molecule has 0 saturated carbocycles. The fraction of sp³-hybridized carbons (Fsp3) is 0.375. The maximum absolute atomic E-state index is 12.7. The highest BCUT2D eigenvalue weighted by Gasteiger charge is 2.41. The van der Waals surface area contributed by atoms with E-state index in [1.54, 1.807) is 0 Å². The first kappa shape index (κ1) is 12.8. The van der Waals surface area contributed by atoms with Crippen LogP contribution in [0.15, 0.2) is 12.3 Å². The Labute approximate surface area is 92.2 Å². The predicted octanol–water partition coefficient (Wildman–Crippen LogP) is 2.74. The van der Waals surface area contributed by atoms with E-state index >= 15 is 0 Å². The molecule has 0 fully saturated rings. The van der Waals surface area contributed by atoms with Gasteiger partial charge in [0.2, 0.25) is 0 Å². The largest absolute Gasteiger partial charge is 0.477 e. The minimum atomic E-state index is -4.30. The molecule has 16 heavy (non-hydrogen) atoms. The number of carbonyl (C=O) groups is 1. The van der Waals surface area contributed by atoms with Crippen LogP contribution in [0.4, 0.5) is 17.6 Å². The van der Waals surface area contributed by atoms with Crippen molar-refractivity contribution < 1.29 is 27.5 Å². The van der Waals surface area contributed by atoms with Crippen molar-refractivity contribution in [3.63, 3.8) is 0 Å². The second kappa shape index (κ2) is 4.32. The Morgan fingerprint density at radius 2 is 2.12 bits per heavy atom. The third-order valence-corrected chi connectivity index (χ3v) is 1.99. The lowest BCUT2D eigenvalue weighted by molar-refractivity contribution is -0.137. The summed E-state index contributed by atoms with van der Waals surface area (Å²) in [5.74, 6) is -5.82. The van der Waals surface area contributed by atoms with E-state index in [0.29, 0.717) is 4.57 Å². The minimum Gasteiger partial charge on any atom is -0.477 e. The van der Waals surface area contributed by atoms with Gasteiger partial charge < -0.3 is 9.67 Å². The van der Waals surface area contributed by atoms with Crippen LogP contribution < -0.4 is 0 Å². The Morgan fingerprint density at radius 1 is 1.56 bits per heavy atom. The summed E-state index contributed by atoms with van der Waals surface area (Å²) in [6.07, 6.45) is -3.00. The molecular weight excluding hydrogens is 254 g/mol. The van der Waals surface area contributed by atoms with Crippen molar-refractivity contribution in [1.82, 2.24) is 4.57 Å². The molecule has 0 radical (unpaired) electrons. The first-order valence-electron chi connectivity index (χ1n) is 3.99. The molecule has 0 aliphatic heterocycles. The van der Waals surface area contributed by atoms with Gasteiger partial charge >= 0.3 is 18.3 Å². The van der Waals surface area contributed by atoms with Crippen LogP contribution in [0.1, 0.15) is 10.5 Å². The Bertz CT molecular complexity index is 405. The molecule has 1 aromatic heterocycles. The molecule has 0 aliphatic rings. The Hall–Kier alpha value is -1.24. The molecule has 0 aromatic carbocycles. The lowest BCUT2D eigenvalue weighted by Gasteiger charge is -2.16. The molecule has 3 nitrogen and oxygen atoms in total. The summed E-state index contributed by atoms with van der Waals surface area (Å²) >= 11 is 5.40. The monoisotopic (exact) mass is 259 g/mol. The fourth-order valence-corrected chi connectivity index (χ4v) is 1.30. The number of alkyl halides is 4. The van der Waals surface area contributed by atoms with E-state index in [-0.39, 0.29) is 5.02 Å². The van der Waals surface area contributed by atoms with Gasteiger partial charge in [0.1, 0.15) is 5.69 Å². The fourth-order valence-electron chi connectivity index (χ4n) is 1.08. The topological polar surface area (TPSA) is 42.2 Å². The zero-order chi connectivity index (χ0) is 12.5. The number of hydrogen-bond donors (Lipinski definition) is 1. The van der Waals surface area contributed by atoms with Crippen molar-refractivity contribution >= 4 is 17.6 Å². The van der Waals surface area contributed by atoms with Gasteiger partial charge in [-0.05, 0) is 6.07 Å². The van der Waals surface area contributed by atoms with Gasteiger partial charge in [-0.25, -0.2) is 13.6 Å². The van der Waals surface area contributed by atoms with E-state index in [0.717, 1.165) is 12.3 Å². The Morgan fingerprint density at radius 3 is 2.56 bits per heavy atom. The van der Waals surface area contributed by atoms with Gasteiger partial charge in [0.25, 0.3) is 0 Å². The molecule has 1 rings (SSSR count). The van der Waals surface area contributed by atoms with Crippen LogP contribution >= 0.6 is 11.6 Å². The average molecular weight is 260 g/mol. The zero-order valence-corrected chi connectivity index (χ0v) is 8.39. The number of carboxylic acids is 1. The summed E-state index contributed by atoms with van der Waals surface area (Å²) in [6.45, 7) is -1.43. The van der Waals surface area contributed by atoms with Crippen molar-refractivity contribution in [2.45, 2.75) is 18.9 Å². The maximum atomic E-state index is 12.7. The molecule has 1 heterocycles. The number of nitrogens with zero attached hydrogens (tertiary/aromatic N) is 1. The van der Waals surface area contributed by atoms with Gasteiger partial charge in [0, 0.05) is 6.20 Å². The van der Waals surface area contributed by atoms with Crippen molar-refractivity contribution in [1.29, 1.82) is 0 Å². The van der Waals surface area contributed by atoms with Gasteiger partial charge in [0.05, 0.1) is 11.6 Å². The van der Waals surface area contributed by atoms with Gasteiger partial charge in [-0.15, -0.1) is 0 Å². The molecule has 0 saturated heterocycles. The normalized spacial score (nSPS) is 12.1. The van der Waals surface area contributed by atoms with Crippen LogP contribution in [-0.2, 0) is 6.54 Å². The highest BCUT2D eigenvalue weighted by molar-refractivity contribution is 6.30. The summed E-state index contributed by atoms with van der Waals surface area (Å²) in [4.78, 5) is 10.6. The number of aromatic nitrogens is 1. The number of hydrogen-bond acceptors (Lipinski definition) is 1. The number of halogens is 5. The number of carboxylic acid groups (broad SMARTS) is 1. The van der Waals surface area contributed by atoms with Crippen LogP contribution in [0.5, 0.6) is 0 Å². The van der Waals surface area contributed by atoms with Crippen LogP contribution in [-0.4, -0.2) is 28.0 Å². The van der Waals surface area contributed by atoms with Crippen molar-refractivity contribution in [3.8, 4) is 0 Å². The second-order valence-electron chi connectivity index (χ2n) is 3.04. The molecule has 0 amide bonds. The zero-order valence-electron chi connectivity index (χ0n) is 7.63. The van der Waals surface area contributed by atoms with Gasteiger partial charge in [-0.2, -0.15) is 8.78 Å². The van der Waals surface area contributed by atoms with E-state index in [9.17, 15) is 22.4 Å². The quantitative estimate of drug-likeness (QED) is 0.845. The number of rotatable bonds is 4. The standard InChI is InChI=1S/C8H6ClF4NO2/c9-4-1-5(6(15)16)14(2-4)3-8(12,13)7(10)11/h1-2,7H,3H2,(H,15,16). The predicted molar refractivity (Wildman–Crippen MR) is 47.4 cm³/mol. The van der Waals surface area contributed by atoms with Crippen molar-refractivity contribution in [2.24, 2.45) is 0 Å². The molecule has 0 atom stereocenters. The molecule has 0 aliphatic carbocycles. The summed E-state index contributed by atoms with van der Waals surface area (Å²) in [5, 5.41) is 8.49. The molecule has 0 bridgehead atoms. The second-order valence-corrected chi connectivity index (χ2v) is 3.47. The van der Waals surface area contributed by atoms with E-state index in [1.165, 1.54) is 0 Å². The van der Waals surface area contributed by atoms with Gasteiger partial charge in [0.15, 0.2) is 0 Å². The Balaban J connectivity index is 3.01. The molecule has 1 N–H and O–H groups in total. The van der Waals surface area contributed by atoms with Crippen LogP contribution in [0.2, 0.25) is 5.02 Å². The van der Waals surface area contributed by atoms with Gasteiger partial charge in [-0.1, -0.05) is 11.6 Å². The molecule has 0 unspecified atom stereocenters. The first-order chi connectivity index (χ1) is 7.24. The molecule has 90 valence electrons. The van der Waals surface area contributed by atoms with Crippen LogP contribution in [0, 0.1) is 0 Å². The van der Waals surface area contributed by atoms with E-state index in [2.05, 4.69) is 0 Å². The summed E-state index contributed by atoms with van der Waals surface area (Å²) in [5.41, 5.74) is -0.565.